The summed E-state index contributed by atoms with van der Waals surface area (Å²) in [5.74, 6) is 3.06. The van der Waals surface area contributed by atoms with Crippen molar-refractivity contribution >= 4 is 22.8 Å². The minimum absolute atomic E-state index is 0.0198. The zero-order chi connectivity index (χ0) is 23.7. The standard InChI is InChI=1S/C27H37N5O2/c1-26-12-10-20-18(6-9-23-27(20,2)13-11-24(33)32(23)3)19(26)7-5-17(26)15-28-25(34)16-4-8-21-22(14-16)30-31-29-21/h4,8,14,17-20,23H,5-7,9-13,15H2,1-3H3,(H,28,34)(H,29,30,31)/t17-,18+,19+,20+,23-,26-,27-/m1/s1. The van der Waals surface area contributed by atoms with Crippen LogP contribution in [-0.4, -0.2) is 51.8 Å². The molecular formula is C27H37N5O2. The fourth-order valence-corrected chi connectivity index (χ4v) is 8.89. The summed E-state index contributed by atoms with van der Waals surface area (Å²) in [7, 11) is 2.03. The van der Waals surface area contributed by atoms with Crippen LogP contribution in [0, 0.1) is 34.5 Å². The smallest absolute Gasteiger partial charge is 0.251 e. The van der Waals surface area contributed by atoms with Gasteiger partial charge in [0.1, 0.15) is 11.0 Å². The van der Waals surface area contributed by atoms with E-state index in [1.165, 1.54) is 32.1 Å². The van der Waals surface area contributed by atoms with E-state index in [1.807, 2.05) is 25.2 Å². The zero-order valence-corrected chi connectivity index (χ0v) is 20.6. The molecule has 2 amide bonds. The number of hydrogen-bond donors (Lipinski definition) is 2. The summed E-state index contributed by atoms with van der Waals surface area (Å²) < 4.78 is 0. The van der Waals surface area contributed by atoms with Crippen molar-refractivity contribution < 1.29 is 9.59 Å². The Bertz CT molecular complexity index is 1130. The Balaban J connectivity index is 1.15. The monoisotopic (exact) mass is 463 g/mol. The van der Waals surface area contributed by atoms with Crippen LogP contribution in [0.15, 0.2) is 18.2 Å². The highest BCUT2D eigenvalue weighted by molar-refractivity contribution is 5.97. The molecule has 182 valence electrons. The molecule has 0 bridgehead atoms. The lowest BCUT2D eigenvalue weighted by molar-refractivity contribution is -0.158. The summed E-state index contributed by atoms with van der Waals surface area (Å²) in [6.45, 7) is 5.74. The van der Waals surface area contributed by atoms with Gasteiger partial charge in [-0.2, -0.15) is 15.4 Å². The third-order valence-electron chi connectivity index (χ3n) is 10.8. The van der Waals surface area contributed by atoms with E-state index in [4.69, 9.17) is 0 Å². The van der Waals surface area contributed by atoms with Gasteiger partial charge in [0.15, 0.2) is 0 Å². The molecule has 34 heavy (non-hydrogen) atoms. The van der Waals surface area contributed by atoms with Crippen LogP contribution < -0.4 is 5.32 Å². The van der Waals surface area contributed by atoms with Gasteiger partial charge >= 0.3 is 0 Å². The molecule has 4 aliphatic rings. The molecule has 0 spiro atoms. The van der Waals surface area contributed by atoms with Crippen LogP contribution in [0.3, 0.4) is 0 Å². The number of benzene rings is 1. The predicted octanol–water partition coefficient (Wildman–Crippen LogP) is 4.17. The Morgan fingerprint density at radius 2 is 1.85 bits per heavy atom. The van der Waals surface area contributed by atoms with Crippen molar-refractivity contribution in [3.63, 3.8) is 0 Å². The third kappa shape index (κ3) is 3.14. The van der Waals surface area contributed by atoms with Gasteiger partial charge in [0, 0.05) is 31.6 Å². The number of carbonyl (C=O) groups excluding carboxylic acids is 2. The van der Waals surface area contributed by atoms with Crippen LogP contribution in [0.1, 0.15) is 75.6 Å². The van der Waals surface area contributed by atoms with Gasteiger partial charge in [-0.1, -0.05) is 13.8 Å². The molecule has 2 N–H and O–H groups in total. The SMILES string of the molecule is CN1C(=O)CC[C@]2(C)[C@H]3CC[C@]4(C)[C@@H](CNC(=O)c5ccc6n[nH]nc6c5)CC[C@H]4[C@@H]3CC[C@@H]12. The molecule has 0 unspecified atom stereocenters. The van der Waals surface area contributed by atoms with E-state index < -0.39 is 0 Å². The lowest BCUT2D eigenvalue weighted by Gasteiger charge is -2.61. The minimum atomic E-state index is -0.0198. The number of aromatic nitrogens is 3. The highest BCUT2D eigenvalue weighted by Crippen LogP contribution is 2.66. The lowest BCUT2D eigenvalue weighted by atomic mass is 9.47. The first-order chi connectivity index (χ1) is 16.3. The molecule has 7 atom stereocenters. The van der Waals surface area contributed by atoms with Gasteiger partial charge in [0.05, 0.1) is 0 Å². The average Bonchev–Trinajstić information content (AvgIpc) is 3.43. The van der Waals surface area contributed by atoms with E-state index in [1.54, 1.807) is 0 Å². The number of fused-ring (bicyclic) bond motifs is 6. The number of nitrogens with zero attached hydrogens (tertiary/aromatic N) is 3. The summed E-state index contributed by atoms with van der Waals surface area (Å²) in [6.07, 6.45) is 9.15. The van der Waals surface area contributed by atoms with Crippen LogP contribution in [0.2, 0.25) is 0 Å². The molecule has 4 fully saturated rings. The molecule has 7 heteroatoms. The van der Waals surface area contributed by atoms with Crippen molar-refractivity contribution in [1.82, 2.24) is 25.6 Å². The average molecular weight is 464 g/mol. The Morgan fingerprint density at radius 3 is 2.71 bits per heavy atom. The van der Waals surface area contributed by atoms with E-state index in [-0.39, 0.29) is 11.3 Å². The van der Waals surface area contributed by atoms with Gasteiger partial charge < -0.3 is 10.2 Å². The normalized spacial score (nSPS) is 39.4. The predicted molar refractivity (Wildman–Crippen MR) is 130 cm³/mol. The molecule has 1 aliphatic heterocycles. The highest BCUT2D eigenvalue weighted by atomic mass is 16.2. The topological polar surface area (TPSA) is 91.0 Å². The van der Waals surface area contributed by atoms with Crippen molar-refractivity contribution in [2.75, 3.05) is 13.6 Å². The number of aromatic amines is 1. The van der Waals surface area contributed by atoms with Gasteiger partial charge in [-0.25, -0.2) is 0 Å². The van der Waals surface area contributed by atoms with Crippen LogP contribution >= 0.6 is 0 Å². The van der Waals surface area contributed by atoms with Gasteiger partial charge in [-0.15, -0.1) is 0 Å². The maximum absolute atomic E-state index is 12.9. The van der Waals surface area contributed by atoms with Crippen molar-refractivity contribution in [2.45, 2.75) is 71.3 Å². The van der Waals surface area contributed by atoms with Gasteiger partial charge in [-0.3, -0.25) is 9.59 Å². The zero-order valence-electron chi connectivity index (χ0n) is 20.6. The highest BCUT2D eigenvalue weighted by Gasteiger charge is 2.60. The van der Waals surface area contributed by atoms with Gasteiger partial charge in [-0.05, 0) is 97.6 Å². The molecule has 6 rings (SSSR count). The summed E-state index contributed by atoms with van der Waals surface area (Å²) in [5.41, 5.74) is 2.70. The van der Waals surface area contributed by atoms with E-state index in [9.17, 15) is 9.59 Å². The molecule has 1 aromatic heterocycles. The minimum Gasteiger partial charge on any atom is -0.352 e. The summed E-state index contributed by atoms with van der Waals surface area (Å²) in [4.78, 5) is 27.4. The van der Waals surface area contributed by atoms with Crippen molar-refractivity contribution in [2.24, 2.45) is 34.5 Å². The Hall–Kier alpha value is -2.44. The fourth-order valence-electron chi connectivity index (χ4n) is 8.89. The number of likely N-dealkylation sites (tertiary alicyclic amines) is 1. The van der Waals surface area contributed by atoms with E-state index in [2.05, 4.69) is 39.5 Å². The van der Waals surface area contributed by atoms with Crippen LogP contribution in [0.5, 0.6) is 0 Å². The van der Waals surface area contributed by atoms with E-state index >= 15 is 0 Å². The quantitative estimate of drug-likeness (QED) is 0.715. The second-order valence-electron chi connectivity index (χ2n) is 12.0. The van der Waals surface area contributed by atoms with Crippen molar-refractivity contribution in [1.29, 1.82) is 0 Å². The van der Waals surface area contributed by atoms with E-state index in [0.29, 0.717) is 35.3 Å². The molecule has 3 aliphatic carbocycles. The molecule has 3 saturated carbocycles. The molecule has 7 nitrogen and oxygen atoms in total. The molecule has 2 heterocycles. The molecule has 2 aromatic rings. The largest absolute Gasteiger partial charge is 0.352 e. The third-order valence-corrected chi connectivity index (χ3v) is 10.8. The second-order valence-corrected chi connectivity index (χ2v) is 12.0. The first kappa shape index (κ1) is 22.1. The summed E-state index contributed by atoms with van der Waals surface area (Å²) in [6, 6.07) is 5.90. The van der Waals surface area contributed by atoms with Crippen LogP contribution in [-0.2, 0) is 4.79 Å². The Kier molecular flexibility index (Phi) is 5.05. The molecule has 1 aromatic carbocycles. The number of hydrogen-bond acceptors (Lipinski definition) is 4. The van der Waals surface area contributed by atoms with Gasteiger partial charge in [0.25, 0.3) is 5.91 Å². The number of piperidine rings is 1. The Labute approximate surface area is 201 Å². The number of H-pyrrole nitrogens is 1. The first-order valence-electron chi connectivity index (χ1n) is 13.2. The summed E-state index contributed by atoms with van der Waals surface area (Å²) >= 11 is 0. The number of carbonyl (C=O) groups is 2. The maximum atomic E-state index is 12.9. The summed E-state index contributed by atoms with van der Waals surface area (Å²) in [5, 5.41) is 14.0. The molecular weight excluding hydrogens is 426 g/mol. The first-order valence-corrected chi connectivity index (χ1v) is 13.2. The fraction of sp³-hybridized carbons (Fsp3) is 0.704. The second kappa shape index (κ2) is 7.79. The van der Waals surface area contributed by atoms with E-state index in [0.717, 1.165) is 48.2 Å². The Morgan fingerprint density at radius 1 is 1.06 bits per heavy atom. The number of amides is 2. The number of nitrogens with one attached hydrogen (secondary N) is 2. The molecule has 1 saturated heterocycles. The van der Waals surface area contributed by atoms with Crippen molar-refractivity contribution in [3.8, 4) is 0 Å². The van der Waals surface area contributed by atoms with Gasteiger partial charge in [0.2, 0.25) is 5.91 Å². The van der Waals surface area contributed by atoms with Crippen LogP contribution in [0.4, 0.5) is 0 Å². The molecule has 0 radical (unpaired) electrons. The lowest BCUT2D eigenvalue weighted by Crippen LogP contribution is -2.61. The number of rotatable bonds is 3. The van der Waals surface area contributed by atoms with Crippen LogP contribution in [0.25, 0.3) is 11.0 Å². The van der Waals surface area contributed by atoms with Crippen molar-refractivity contribution in [3.05, 3.63) is 23.8 Å². The maximum Gasteiger partial charge on any atom is 0.251 e.